The molecule has 0 atom stereocenters. The molecule has 8 aliphatic heterocycles. The number of halogens is 5. The highest BCUT2D eigenvalue weighted by Gasteiger charge is 2.48. The van der Waals surface area contributed by atoms with Gasteiger partial charge in [-0.05, 0) is 79.4 Å². The van der Waals surface area contributed by atoms with Gasteiger partial charge in [0.05, 0.1) is 130 Å². The molecule has 6 saturated heterocycles. The van der Waals surface area contributed by atoms with Gasteiger partial charge in [0.25, 0.3) is 0 Å². The number of pyridine rings is 4. The zero-order valence-electron chi connectivity index (χ0n) is 48.5. The first-order chi connectivity index (χ1) is 39.9. The van der Waals surface area contributed by atoms with Crippen LogP contribution in [0.15, 0.2) is 48.8 Å². The monoisotopic (exact) mass is 1170 g/mol. The van der Waals surface area contributed by atoms with Gasteiger partial charge < -0.3 is 58.2 Å². The quantitative estimate of drug-likeness (QED) is 0.164. The molecular formula is C62H75ClF4N10O6. The molecule has 6 fully saturated rings. The van der Waals surface area contributed by atoms with Crippen LogP contribution in [-0.4, -0.2) is 163 Å². The molecule has 2 aromatic carbocycles. The number of aromatic nitrogens is 4. The number of nitrogens with one attached hydrogen (secondary N) is 1. The lowest BCUT2D eigenvalue weighted by atomic mass is 9.78. The van der Waals surface area contributed by atoms with Crippen LogP contribution in [0.2, 0.25) is 5.02 Å². The maximum Gasteiger partial charge on any atom is 0.137 e. The first-order valence-electron chi connectivity index (χ1n) is 29.3. The standard InChI is InChI=1S/C31H37F2N5O3.C16H17ClF2N2O.C15H21N3O2/c1-20-27(26-23(33)14-21(32)15-24(26)35-29(20)37-8-13-41-30(2,3)18-37)38-19-31(4-9-39-10-5-31)28-25(38)16-22(17-34-28)36-6-11-40-12-7-36;1-9-14(17)13-11(19)6-10(18)7-12(13)20-15(9)21-4-5-22-16(2,3)8-21;1-5-19-6-2-15(1)11-17-13-9-12(10-16-14(13)15)18-3-7-20-8-4-18/h14-17H,4-13,18-19H2,1-3H3;6-7H,4-5,8H2,1-3H3;9-10,17H,1-8,11H2. The number of hydrogen-bond acceptors (Lipinski definition) is 16. The second-order valence-corrected chi connectivity index (χ2v) is 24.9. The first-order valence-corrected chi connectivity index (χ1v) is 29.6. The van der Waals surface area contributed by atoms with Gasteiger partial charge in [-0.3, -0.25) is 9.97 Å². The molecule has 4 aromatic heterocycles. The molecule has 444 valence electrons. The van der Waals surface area contributed by atoms with E-state index in [0.29, 0.717) is 94.6 Å². The fraction of sp³-hybridized carbons (Fsp3) is 0.548. The number of rotatable bonds is 5. The Morgan fingerprint density at radius 1 is 0.518 bits per heavy atom. The van der Waals surface area contributed by atoms with Gasteiger partial charge >= 0.3 is 0 Å². The van der Waals surface area contributed by atoms with Crippen LogP contribution in [0.5, 0.6) is 0 Å². The molecule has 14 rings (SSSR count). The summed E-state index contributed by atoms with van der Waals surface area (Å²) in [5.74, 6) is -1.20. The lowest BCUT2D eigenvalue weighted by Crippen LogP contribution is -2.49. The molecule has 1 N–H and O–H groups in total. The minimum Gasteiger partial charge on any atom is -0.383 e. The number of morpholine rings is 4. The van der Waals surface area contributed by atoms with Crippen LogP contribution in [-0.2, 0) is 39.3 Å². The van der Waals surface area contributed by atoms with Crippen molar-refractivity contribution in [2.75, 3.05) is 161 Å². The van der Waals surface area contributed by atoms with E-state index in [-0.39, 0.29) is 38.0 Å². The smallest absolute Gasteiger partial charge is 0.137 e. The highest BCUT2D eigenvalue weighted by atomic mass is 35.5. The highest BCUT2D eigenvalue weighted by Crippen LogP contribution is 2.53. The molecule has 0 unspecified atom stereocenters. The summed E-state index contributed by atoms with van der Waals surface area (Å²) in [4.78, 5) is 30.3. The average molecular weight is 1170 g/mol. The second-order valence-electron chi connectivity index (χ2n) is 24.5. The molecule has 2 spiro atoms. The van der Waals surface area contributed by atoms with Crippen LogP contribution in [0.25, 0.3) is 21.8 Å². The minimum absolute atomic E-state index is 0.164. The van der Waals surface area contributed by atoms with E-state index < -0.39 is 23.3 Å². The Hall–Kier alpha value is -5.87. The summed E-state index contributed by atoms with van der Waals surface area (Å²) < 4.78 is 91.8. The van der Waals surface area contributed by atoms with Gasteiger partial charge in [-0.1, -0.05) is 11.6 Å². The van der Waals surface area contributed by atoms with Gasteiger partial charge in [0.15, 0.2) is 0 Å². The minimum atomic E-state index is -0.690. The highest BCUT2D eigenvalue weighted by molar-refractivity contribution is 6.36. The molecule has 8 aliphatic rings. The van der Waals surface area contributed by atoms with Crippen molar-refractivity contribution < 1.29 is 46.0 Å². The van der Waals surface area contributed by atoms with E-state index in [1.165, 1.54) is 29.2 Å². The number of fused-ring (bicyclic) bond motifs is 6. The number of nitrogens with zero attached hydrogens (tertiary/aromatic N) is 9. The molecule has 0 bridgehead atoms. The fourth-order valence-electron chi connectivity index (χ4n) is 13.5. The number of hydrogen-bond donors (Lipinski definition) is 1. The van der Waals surface area contributed by atoms with Crippen molar-refractivity contribution in [3.63, 3.8) is 0 Å². The summed E-state index contributed by atoms with van der Waals surface area (Å²) in [6.07, 6.45) is 7.84. The maximum absolute atomic E-state index is 15.8. The molecular weight excluding hydrogens is 1090 g/mol. The van der Waals surface area contributed by atoms with Gasteiger partial charge in [-0.15, -0.1) is 0 Å². The Bertz CT molecular complexity index is 3390. The molecule has 6 aromatic rings. The van der Waals surface area contributed by atoms with Gasteiger partial charge in [0.2, 0.25) is 0 Å². The number of ether oxygens (including phenoxy) is 6. The normalized spacial score (nSPS) is 21.6. The van der Waals surface area contributed by atoms with Crippen LogP contribution in [0.1, 0.15) is 75.9 Å². The zero-order valence-corrected chi connectivity index (χ0v) is 49.2. The van der Waals surface area contributed by atoms with Crippen molar-refractivity contribution in [3.8, 4) is 0 Å². The van der Waals surface area contributed by atoms with Crippen LogP contribution in [0.3, 0.4) is 0 Å². The Balaban J connectivity index is 0.000000136. The summed E-state index contributed by atoms with van der Waals surface area (Å²) >= 11 is 6.32. The van der Waals surface area contributed by atoms with Gasteiger partial charge in [-0.25, -0.2) is 27.5 Å². The topological polar surface area (TPSA) is 135 Å². The predicted molar refractivity (Wildman–Crippen MR) is 316 cm³/mol. The Kier molecular flexibility index (Phi) is 16.1. The van der Waals surface area contributed by atoms with Crippen molar-refractivity contribution in [1.82, 2.24) is 19.9 Å². The average Bonchev–Trinajstić information content (AvgIpc) is 3.95. The summed E-state index contributed by atoms with van der Waals surface area (Å²) in [7, 11) is 0. The lowest BCUT2D eigenvalue weighted by Gasteiger charge is -2.40. The zero-order chi connectivity index (χ0) is 57.8. The van der Waals surface area contributed by atoms with Crippen LogP contribution in [0.4, 0.5) is 57.6 Å². The third-order valence-electron chi connectivity index (χ3n) is 17.8. The molecule has 0 amide bonds. The van der Waals surface area contributed by atoms with E-state index >= 15 is 4.39 Å². The van der Waals surface area contributed by atoms with E-state index in [2.05, 4.69) is 55.9 Å². The molecule has 16 nitrogen and oxygen atoms in total. The Morgan fingerprint density at radius 2 is 0.988 bits per heavy atom. The fourth-order valence-corrected chi connectivity index (χ4v) is 13.7. The van der Waals surface area contributed by atoms with Crippen LogP contribution >= 0.6 is 11.6 Å². The summed E-state index contributed by atoms with van der Waals surface area (Å²) in [6, 6.07) is 8.81. The van der Waals surface area contributed by atoms with E-state index in [9.17, 15) is 13.2 Å². The molecule has 83 heavy (non-hydrogen) atoms. The molecule has 21 heteroatoms. The molecule has 12 heterocycles. The van der Waals surface area contributed by atoms with Gasteiger partial charge in [0.1, 0.15) is 34.9 Å². The van der Waals surface area contributed by atoms with E-state index in [4.69, 9.17) is 55.0 Å². The number of anilines is 7. The predicted octanol–water partition coefficient (Wildman–Crippen LogP) is 10.4. The van der Waals surface area contributed by atoms with Crippen molar-refractivity contribution in [2.24, 2.45) is 0 Å². The second kappa shape index (κ2) is 23.2. The van der Waals surface area contributed by atoms with Crippen LogP contribution in [0, 0.1) is 37.1 Å². The van der Waals surface area contributed by atoms with Crippen molar-refractivity contribution in [1.29, 1.82) is 0 Å². The Morgan fingerprint density at radius 3 is 1.54 bits per heavy atom. The maximum atomic E-state index is 15.8. The van der Waals surface area contributed by atoms with Crippen molar-refractivity contribution >= 4 is 73.5 Å². The lowest BCUT2D eigenvalue weighted by molar-refractivity contribution is -0.0282. The van der Waals surface area contributed by atoms with Crippen molar-refractivity contribution in [2.45, 2.75) is 89.3 Å². The van der Waals surface area contributed by atoms with E-state index in [1.54, 1.807) is 6.92 Å². The molecule has 0 saturated carbocycles. The van der Waals surface area contributed by atoms with E-state index in [1.807, 2.05) is 38.1 Å². The first kappa shape index (κ1) is 57.6. The summed E-state index contributed by atoms with van der Waals surface area (Å²) in [5, 5.41) is 4.35. The van der Waals surface area contributed by atoms with E-state index in [0.717, 1.165) is 131 Å². The third kappa shape index (κ3) is 11.5. The molecule has 0 aliphatic carbocycles. The van der Waals surface area contributed by atoms with Gasteiger partial charge in [0, 0.05) is 138 Å². The van der Waals surface area contributed by atoms with Crippen LogP contribution < -0.4 is 29.8 Å². The third-order valence-corrected chi connectivity index (χ3v) is 18.3. The van der Waals surface area contributed by atoms with Crippen molar-refractivity contribution in [3.05, 3.63) is 99.6 Å². The Labute approximate surface area is 487 Å². The van der Waals surface area contributed by atoms with Gasteiger partial charge in [-0.2, -0.15) is 0 Å². The molecule has 0 radical (unpaired) electrons. The SMILES string of the molecule is Cc1c(N2CCOC(C)(C)C2)nc2cc(F)cc(F)c2c1Cl.Cc1c(N2CCOC(C)(C)C2)nc2cc(F)cc(F)c2c1N1CC2(CCOCC2)c2ncc(N3CCOCC3)cc21.c1nc2c(cc1N1CCOCC1)NCC21CCOCC1. The summed E-state index contributed by atoms with van der Waals surface area (Å²) in [6.45, 7) is 26.8. The number of benzene rings is 2. The largest absolute Gasteiger partial charge is 0.383 e. The summed E-state index contributed by atoms with van der Waals surface area (Å²) in [5.41, 5.74) is 8.87.